The maximum Gasteiger partial charge on any atom is 0.130 e. The van der Waals surface area contributed by atoms with E-state index in [0.717, 1.165) is 22.4 Å². The molecule has 0 bridgehead atoms. The molecule has 0 spiro atoms. The molecule has 0 radical (unpaired) electrons. The average molecular weight is 319 g/mol. The number of benzene rings is 2. The molecule has 0 fully saturated rings. The molecule has 0 aliphatic carbocycles. The van der Waals surface area contributed by atoms with Gasteiger partial charge in [0.1, 0.15) is 11.5 Å². The van der Waals surface area contributed by atoms with Crippen LogP contribution in [-0.2, 0) is 5.33 Å². The zero-order chi connectivity index (χ0) is 13.8. The number of aryl methyl sites for hydroxylation is 1. The smallest absolute Gasteiger partial charge is 0.130 e. The molecule has 2 aromatic rings. The normalized spacial score (nSPS) is 10.8. The van der Waals surface area contributed by atoms with Crippen LogP contribution in [0.2, 0.25) is 0 Å². The Morgan fingerprint density at radius 1 is 1.05 bits per heavy atom. The summed E-state index contributed by atoms with van der Waals surface area (Å²) in [5.41, 5.74) is 3.71. The predicted octanol–water partition coefficient (Wildman–Crippen LogP) is 5.81. The van der Waals surface area contributed by atoms with Gasteiger partial charge in [-0.3, -0.25) is 0 Å². The summed E-state index contributed by atoms with van der Waals surface area (Å²) in [7, 11) is 0. The highest BCUT2D eigenvalue weighted by Gasteiger charge is 2.06. The van der Waals surface area contributed by atoms with Gasteiger partial charge in [0.2, 0.25) is 0 Å². The molecule has 1 nitrogen and oxygen atoms in total. The van der Waals surface area contributed by atoms with E-state index in [1.807, 2.05) is 12.1 Å². The minimum Gasteiger partial charge on any atom is -0.457 e. The average Bonchev–Trinajstić information content (AvgIpc) is 2.42. The molecule has 0 aliphatic heterocycles. The van der Waals surface area contributed by atoms with Crippen LogP contribution in [0.5, 0.6) is 11.5 Å². The van der Waals surface area contributed by atoms with E-state index in [9.17, 15) is 0 Å². The molecular formula is C17H19BrO. The van der Waals surface area contributed by atoms with Crippen LogP contribution in [0.4, 0.5) is 0 Å². The third-order valence-corrected chi connectivity index (χ3v) is 3.83. The van der Waals surface area contributed by atoms with Crippen molar-refractivity contribution in [2.24, 2.45) is 0 Å². The second kappa shape index (κ2) is 6.25. The lowest BCUT2D eigenvalue weighted by Crippen LogP contribution is -1.92. The lowest BCUT2D eigenvalue weighted by molar-refractivity contribution is 0.477. The van der Waals surface area contributed by atoms with Gasteiger partial charge in [-0.2, -0.15) is 0 Å². The SMILES string of the molecule is Cc1ccc(C(C)C)cc1Oc1ccc(CBr)cc1. The molecule has 0 amide bonds. The van der Waals surface area contributed by atoms with Gasteiger partial charge in [0, 0.05) is 5.33 Å². The van der Waals surface area contributed by atoms with Crippen LogP contribution in [0.1, 0.15) is 36.5 Å². The lowest BCUT2D eigenvalue weighted by Gasteiger charge is -2.12. The van der Waals surface area contributed by atoms with E-state index in [2.05, 4.69) is 67.0 Å². The molecule has 0 unspecified atom stereocenters. The van der Waals surface area contributed by atoms with Gasteiger partial charge in [-0.25, -0.2) is 0 Å². The van der Waals surface area contributed by atoms with Crippen molar-refractivity contribution < 1.29 is 4.74 Å². The fraction of sp³-hybridized carbons (Fsp3) is 0.294. The summed E-state index contributed by atoms with van der Waals surface area (Å²) < 4.78 is 5.98. The number of halogens is 1. The van der Waals surface area contributed by atoms with Crippen molar-refractivity contribution in [2.75, 3.05) is 0 Å². The van der Waals surface area contributed by atoms with E-state index in [1.54, 1.807) is 0 Å². The fourth-order valence-electron chi connectivity index (χ4n) is 1.86. The third-order valence-electron chi connectivity index (χ3n) is 3.18. The van der Waals surface area contributed by atoms with Gasteiger partial charge < -0.3 is 4.74 Å². The van der Waals surface area contributed by atoms with Gasteiger partial charge in [0.25, 0.3) is 0 Å². The van der Waals surface area contributed by atoms with Crippen LogP contribution in [0.25, 0.3) is 0 Å². The summed E-state index contributed by atoms with van der Waals surface area (Å²) in [5.74, 6) is 2.34. The minimum absolute atomic E-state index is 0.513. The first kappa shape index (κ1) is 14.1. The summed E-state index contributed by atoms with van der Waals surface area (Å²) in [4.78, 5) is 0. The predicted molar refractivity (Wildman–Crippen MR) is 84.4 cm³/mol. The third kappa shape index (κ3) is 3.60. The van der Waals surface area contributed by atoms with Gasteiger partial charge in [-0.05, 0) is 47.7 Å². The van der Waals surface area contributed by atoms with Crippen LogP contribution in [0.15, 0.2) is 42.5 Å². The maximum absolute atomic E-state index is 5.98. The zero-order valence-corrected chi connectivity index (χ0v) is 13.2. The molecule has 0 saturated heterocycles. The fourth-order valence-corrected chi connectivity index (χ4v) is 2.23. The quantitative estimate of drug-likeness (QED) is 0.647. The second-order valence-corrected chi connectivity index (χ2v) is 5.62. The summed E-state index contributed by atoms with van der Waals surface area (Å²) in [5, 5.41) is 0.870. The topological polar surface area (TPSA) is 9.23 Å². The van der Waals surface area contributed by atoms with Crippen LogP contribution in [-0.4, -0.2) is 0 Å². The van der Waals surface area contributed by atoms with Gasteiger partial charge in [0.05, 0.1) is 0 Å². The second-order valence-electron chi connectivity index (χ2n) is 5.06. The van der Waals surface area contributed by atoms with Crippen LogP contribution < -0.4 is 4.74 Å². The molecule has 100 valence electrons. The van der Waals surface area contributed by atoms with Crippen molar-refractivity contribution in [3.63, 3.8) is 0 Å². The van der Waals surface area contributed by atoms with Crippen molar-refractivity contribution in [1.82, 2.24) is 0 Å². The molecular weight excluding hydrogens is 300 g/mol. The Kier molecular flexibility index (Phi) is 4.65. The summed E-state index contributed by atoms with van der Waals surface area (Å²) >= 11 is 3.45. The highest BCUT2D eigenvalue weighted by molar-refractivity contribution is 9.08. The number of hydrogen-bond acceptors (Lipinski definition) is 1. The Morgan fingerprint density at radius 3 is 2.32 bits per heavy atom. The monoisotopic (exact) mass is 318 g/mol. The van der Waals surface area contributed by atoms with Crippen LogP contribution >= 0.6 is 15.9 Å². The van der Waals surface area contributed by atoms with Gasteiger partial charge in [-0.1, -0.05) is 54.0 Å². The summed E-state index contributed by atoms with van der Waals surface area (Å²) in [6.45, 7) is 6.46. The minimum atomic E-state index is 0.513. The molecule has 0 atom stereocenters. The lowest BCUT2D eigenvalue weighted by atomic mass is 10.0. The molecule has 2 heteroatoms. The standard InChI is InChI=1S/C17H19BrO/c1-12(2)15-7-4-13(3)17(10-15)19-16-8-5-14(11-18)6-9-16/h4-10,12H,11H2,1-3H3. The van der Waals surface area contributed by atoms with Crippen molar-refractivity contribution in [2.45, 2.75) is 32.0 Å². The highest BCUT2D eigenvalue weighted by Crippen LogP contribution is 2.29. The molecule has 19 heavy (non-hydrogen) atoms. The van der Waals surface area contributed by atoms with E-state index in [-0.39, 0.29) is 0 Å². The number of hydrogen-bond donors (Lipinski definition) is 0. The van der Waals surface area contributed by atoms with Crippen molar-refractivity contribution in [1.29, 1.82) is 0 Å². The molecule has 0 aromatic heterocycles. The van der Waals surface area contributed by atoms with Crippen molar-refractivity contribution >= 4 is 15.9 Å². The first-order valence-electron chi connectivity index (χ1n) is 6.53. The zero-order valence-electron chi connectivity index (χ0n) is 11.6. The van der Waals surface area contributed by atoms with E-state index < -0.39 is 0 Å². The van der Waals surface area contributed by atoms with Crippen molar-refractivity contribution in [3.8, 4) is 11.5 Å². The first-order valence-corrected chi connectivity index (χ1v) is 7.65. The summed E-state index contributed by atoms with van der Waals surface area (Å²) in [6, 6.07) is 14.6. The Labute approximate surface area is 123 Å². The van der Waals surface area contributed by atoms with E-state index in [1.165, 1.54) is 11.1 Å². The van der Waals surface area contributed by atoms with Gasteiger partial charge in [-0.15, -0.1) is 0 Å². The van der Waals surface area contributed by atoms with Crippen molar-refractivity contribution in [3.05, 3.63) is 59.2 Å². The van der Waals surface area contributed by atoms with E-state index in [0.29, 0.717) is 5.92 Å². The van der Waals surface area contributed by atoms with Crippen LogP contribution in [0.3, 0.4) is 0 Å². The number of rotatable bonds is 4. The van der Waals surface area contributed by atoms with Gasteiger partial charge in [0.15, 0.2) is 0 Å². The maximum atomic E-state index is 5.98. The first-order chi connectivity index (χ1) is 9.10. The molecule has 2 rings (SSSR count). The van der Waals surface area contributed by atoms with E-state index >= 15 is 0 Å². The highest BCUT2D eigenvalue weighted by atomic mass is 79.9. The number of ether oxygens (including phenoxy) is 1. The Morgan fingerprint density at radius 2 is 1.74 bits per heavy atom. The molecule has 2 aromatic carbocycles. The Balaban J connectivity index is 2.23. The molecule has 0 heterocycles. The molecule has 0 aliphatic rings. The van der Waals surface area contributed by atoms with Crippen LogP contribution in [0, 0.1) is 6.92 Å². The Bertz CT molecular complexity index is 544. The largest absolute Gasteiger partial charge is 0.457 e. The Hall–Kier alpha value is -1.28. The van der Waals surface area contributed by atoms with E-state index in [4.69, 9.17) is 4.74 Å². The molecule has 0 saturated carbocycles. The number of alkyl halides is 1. The molecule has 0 N–H and O–H groups in total. The summed E-state index contributed by atoms with van der Waals surface area (Å²) in [6.07, 6.45) is 0. The van der Waals surface area contributed by atoms with Gasteiger partial charge >= 0.3 is 0 Å².